The van der Waals surface area contributed by atoms with Gasteiger partial charge in [-0.3, -0.25) is 4.79 Å². The number of nitrogens with one attached hydrogen (secondary N) is 1. The van der Waals surface area contributed by atoms with Crippen molar-refractivity contribution in [1.29, 1.82) is 0 Å². The topological polar surface area (TPSA) is 49.3 Å². The van der Waals surface area contributed by atoms with Crippen LogP contribution < -0.4 is 5.32 Å². The van der Waals surface area contributed by atoms with Crippen molar-refractivity contribution in [2.24, 2.45) is 0 Å². The van der Waals surface area contributed by atoms with Crippen LogP contribution in [0, 0.1) is 11.6 Å². The molecule has 1 amide bonds. The zero-order valence-corrected chi connectivity index (χ0v) is 12.6. The fourth-order valence-electron chi connectivity index (χ4n) is 1.97. The molecule has 22 heavy (non-hydrogen) atoms. The van der Waals surface area contributed by atoms with Crippen LogP contribution in [0.2, 0.25) is 0 Å². The van der Waals surface area contributed by atoms with E-state index in [0.717, 1.165) is 17.7 Å². The fourth-order valence-corrected chi connectivity index (χ4v) is 1.97. The Kier molecular flexibility index (Phi) is 4.17. The largest absolute Gasteiger partial charge is 0.506 e. The van der Waals surface area contributed by atoms with Crippen molar-refractivity contribution < 1.29 is 18.7 Å². The van der Waals surface area contributed by atoms with Crippen LogP contribution in [0.25, 0.3) is 0 Å². The third kappa shape index (κ3) is 3.42. The van der Waals surface area contributed by atoms with Crippen molar-refractivity contribution in [3.63, 3.8) is 0 Å². The molecule has 2 rings (SSSR count). The molecule has 0 bridgehead atoms. The van der Waals surface area contributed by atoms with Crippen LogP contribution in [0.1, 0.15) is 36.7 Å². The SMILES string of the molecule is CC(C)(C)c1ccc(O)c(NC(=O)c2ccc(F)cc2F)c1. The number of carbonyl (C=O) groups excluding carboxylic acids is 1. The Labute approximate surface area is 127 Å². The number of hydrogen-bond acceptors (Lipinski definition) is 2. The molecule has 0 saturated carbocycles. The summed E-state index contributed by atoms with van der Waals surface area (Å²) in [6.45, 7) is 5.97. The van der Waals surface area contributed by atoms with Gasteiger partial charge in [-0.1, -0.05) is 26.8 Å². The molecule has 0 aliphatic rings. The molecule has 0 unspecified atom stereocenters. The number of phenolic OH excluding ortho intramolecular Hbond substituents is 1. The summed E-state index contributed by atoms with van der Waals surface area (Å²) in [7, 11) is 0. The van der Waals surface area contributed by atoms with Gasteiger partial charge in [0.1, 0.15) is 17.4 Å². The Balaban J connectivity index is 2.32. The van der Waals surface area contributed by atoms with E-state index in [4.69, 9.17) is 0 Å². The van der Waals surface area contributed by atoms with Gasteiger partial charge in [-0.15, -0.1) is 0 Å². The molecule has 5 heteroatoms. The van der Waals surface area contributed by atoms with Gasteiger partial charge in [0.05, 0.1) is 11.3 Å². The lowest BCUT2D eigenvalue weighted by molar-refractivity contribution is 0.102. The molecule has 3 nitrogen and oxygen atoms in total. The monoisotopic (exact) mass is 305 g/mol. The third-order valence-corrected chi connectivity index (χ3v) is 3.29. The summed E-state index contributed by atoms with van der Waals surface area (Å²) in [5, 5.41) is 12.3. The Bertz CT molecular complexity index is 721. The number of halogens is 2. The first-order valence-corrected chi connectivity index (χ1v) is 6.78. The van der Waals surface area contributed by atoms with Crippen LogP contribution >= 0.6 is 0 Å². The molecule has 0 atom stereocenters. The number of hydrogen-bond donors (Lipinski definition) is 2. The summed E-state index contributed by atoms with van der Waals surface area (Å²) in [5.74, 6) is -2.58. The van der Waals surface area contributed by atoms with Gasteiger partial charge in [0.2, 0.25) is 0 Å². The van der Waals surface area contributed by atoms with Gasteiger partial charge < -0.3 is 10.4 Å². The first-order valence-electron chi connectivity index (χ1n) is 6.78. The summed E-state index contributed by atoms with van der Waals surface area (Å²) in [5.41, 5.74) is 0.622. The first kappa shape index (κ1) is 15.9. The van der Waals surface area contributed by atoms with Crippen LogP contribution in [-0.2, 0) is 5.41 Å². The quantitative estimate of drug-likeness (QED) is 0.816. The summed E-state index contributed by atoms with van der Waals surface area (Å²) < 4.78 is 26.5. The smallest absolute Gasteiger partial charge is 0.258 e. The van der Waals surface area contributed by atoms with E-state index in [1.807, 2.05) is 20.8 Å². The van der Waals surface area contributed by atoms with Gasteiger partial charge in [-0.25, -0.2) is 8.78 Å². The van der Waals surface area contributed by atoms with Crippen LogP contribution in [0.3, 0.4) is 0 Å². The third-order valence-electron chi connectivity index (χ3n) is 3.29. The molecule has 0 aliphatic heterocycles. The Morgan fingerprint density at radius 3 is 2.36 bits per heavy atom. The minimum absolute atomic E-state index is 0.121. The van der Waals surface area contributed by atoms with Gasteiger partial charge >= 0.3 is 0 Å². The lowest BCUT2D eigenvalue weighted by Gasteiger charge is -2.20. The number of anilines is 1. The van der Waals surface area contributed by atoms with E-state index in [2.05, 4.69) is 5.32 Å². The van der Waals surface area contributed by atoms with Gasteiger partial charge in [0.15, 0.2) is 0 Å². The fraction of sp³-hybridized carbons (Fsp3) is 0.235. The molecule has 2 aromatic rings. The van der Waals surface area contributed by atoms with Gasteiger partial charge in [0.25, 0.3) is 5.91 Å². The van der Waals surface area contributed by atoms with Gasteiger partial charge in [-0.05, 0) is 35.2 Å². The lowest BCUT2D eigenvalue weighted by Crippen LogP contribution is -2.16. The molecule has 0 aromatic heterocycles. The van der Waals surface area contributed by atoms with E-state index < -0.39 is 17.5 Å². The van der Waals surface area contributed by atoms with E-state index >= 15 is 0 Å². The maximum absolute atomic E-state index is 13.6. The van der Waals surface area contributed by atoms with Crippen molar-refractivity contribution in [3.8, 4) is 5.75 Å². The maximum Gasteiger partial charge on any atom is 0.258 e. The highest BCUT2D eigenvalue weighted by Crippen LogP contribution is 2.31. The molecule has 2 aromatic carbocycles. The predicted octanol–water partition coefficient (Wildman–Crippen LogP) is 4.22. The standard InChI is InChI=1S/C17H17F2NO2/c1-17(2,3)10-4-7-15(21)14(8-10)20-16(22)12-6-5-11(18)9-13(12)19/h4-9,21H,1-3H3,(H,20,22). The van der Waals surface area contributed by atoms with Crippen molar-refractivity contribution in [3.05, 3.63) is 59.2 Å². The van der Waals surface area contributed by atoms with Crippen LogP contribution in [-0.4, -0.2) is 11.0 Å². The average molecular weight is 305 g/mol. The van der Waals surface area contributed by atoms with Crippen molar-refractivity contribution >= 4 is 11.6 Å². The molecule has 116 valence electrons. The van der Waals surface area contributed by atoms with Crippen molar-refractivity contribution in [2.45, 2.75) is 26.2 Å². The minimum Gasteiger partial charge on any atom is -0.506 e. The van der Waals surface area contributed by atoms with Crippen LogP contribution in [0.4, 0.5) is 14.5 Å². The number of rotatable bonds is 2. The van der Waals surface area contributed by atoms with E-state index in [1.54, 1.807) is 12.1 Å². The zero-order valence-electron chi connectivity index (χ0n) is 12.6. The summed E-state index contributed by atoms with van der Waals surface area (Å²) in [6, 6.07) is 7.56. The average Bonchev–Trinajstić information content (AvgIpc) is 2.39. The summed E-state index contributed by atoms with van der Waals surface area (Å²) in [4.78, 5) is 12.1. The van der Waals surface area contributed by atoms with Crippen molar-refractivity contribution in [1.82, 2.24) is 0 Å². The molecule has 2 N–H and O–H groups in total. The highest BCUT2D eigenvalue weighted by Gasteiger charge is 2.18. The van der Waals surface area contributed by atoms with Crippen LogP contribution in [0.15, 0.2) is 36.4 Å². The second-order valence-corrected chi connectivity index (χ2v) is 6.06. The summed E-state index contributed by atoms with van der Waals surface area (Å²) in [6.07, 6.45) is 0. The molecular weight excluding hydrogens is 288 g/mol. The predicted molar refractivity (Wildman–Crippen MR) is 81.1 cm³/mol. The van der Waals surface area contributed by atoms with E-state index in [-0.39, 0.29) is 22.4 Å². The second kappa shape index (κ2) is 5.75. The highest BCUT2D eigenvalue weighted by molar-refractivity contribution is 6.05. The number of benzene rings is 2. The molecule has 0 spiro atoms. The first-order chi connectivity index (χ1) is 10.2. The van der Waals surface area contributed by atoms with E-state index in [0.29, 0.717) is 6.07 Å². The zero-order chi connectivity index (χ0) is 16.5. The highest BCUT2D eigenvalue weighted by atomic mass is 19.1. The molecule has 0 fully saturated rings. The van der Waals surface area contributed by atoms with Crippen LogP contribution in [0.5, 0.6) is 5.75 Å². The summed E-state index contributed by atoms with van der Waals surface area (Å²) >= 11 is 0. The Hall–Kier alpha value is -2.43. The van der Waals surface area contributed by atoms with E-state index in [1.165, 1.54) is 6.07 Å². The second-order valence-electron chi connectivity index (χ2n) is 6.06. The molecule has 0 saturated heterocycles. The van der Waals surface area contributed by atoms with Gasteiger partial charge in [0, 0.05) is 6.07 Å². The molecule has 0 radical (unpaired) electrons. The Morgan fingerprint density at radius 1 is 1.09 bits per heavy atom. The normalized spacial score (nSPS) is 11.3. The Morgan fingerprint density at radius 2 is 1.77 bits per heavy atom. The number of carbonyl (C=O) groups is 1. The minimum atomic E-state index is -0.955. The number of aromatic hydroxyl groups is 1. The van der Waals surface area contributed by atoms with E-state index in [9.17, 15) is 18.7 Å². The number of amides is 1. The maximum atomic E-state index is 13.6. The van der Waals surface area contributed by atoms with Gasteiger partial charge in [-0.2, -0.15) is 0 Å². The molecule has 0 aliphatic carbocycles. The molecule has 0 heterocycles. The van der Waals surface area contributed by atoms with Crippen molar-refractivity contribution in [2.75, 3.05) is 5.32 Å². The lowest BCUT2D eigenvalue weighted by atomic mass is 9.87. The molecular formula is C17H17F2NO2. The number of phenols is 1.